The first kappa shape index (κ1) is 15.7. The number of aliphatic hydroxyl groups is 1. The summed E-state index contributed by atoms with van der Waals surface area (Å²) in [5.74, 6) is 1.25. The zero-order chi connectivity index (χ0) is 14.9. The highest BCUT2D eigenvalue weighted by Gasteiger charge is 2.09. The zero-order valence-electron chi connectivity index (χ0n) is 11.7. The third kappa shape index (κ3) is 5.65. The Bertz CT molecular complexity index is 528. The van der Waals surface area contributed by atoms with Crippen LogP contribution in [0.4, 0.5) is 0 Å². The zero-order valence-corrected chi connectivity index (χ0v) is 12.5. The van der Waals surface area contributed by atoms with E-state index in [4.69, 9.17) is 4.42 Å². The Morgan fingerprint density at radius 1 is 1.29 bits per heavy atom. The summed E-state index contributed by atoms with van der Waals surface area (Å²) in [6.07, 6.45) is 2.93. The van der Waals surface area contributed by atoms with Gasteiger partial charge in [-0.1, -0.05) is 30.3 Å². The van der Waals surface area contributed by atoms with Crippen molar-refractivity contribution in [2.24, 2.45) is 0 Å². The maximum atomic E-state index is 11.7. The molecule has 2 N–H and O–H groups in total. The van der Waals surface area contributed by atoms with Gasteiger partial charge in [0.2, 0.25) is 5.91 Å². The van der Waals surface area contributed by atoms with Gasteiger partial charge in [-0.05, 0) is 18.1 Å². The summed E-state index contributed by atoms with van der Waals surface area (Å²) in [5.41, 5.74) is 1.95. The highest BCUT2D eigenvalue weighted by molar-refractivity contribution is 7.99. The van der Waals surface area contributed by atoms with Crippen LogP contribution in [-0.4, -0.2) is 23.3 Å². The van der Waals surface area contributed by atoms with Crippen LogP contribution in [-0.2, 0) is 10.5 Å². The standard InChI is InChI=1S/C16H19NO3S/c18-15(14-7-9-20-10-14)6-8-17-16(19)12-21-11-13-4-2-1-3-5-13/h1-5,7,9-10,15,18H,6,8,11-12H2,(H,17,19). The average Bonchev–Trinajstić information content (AvgIpc) is 3.02. The second-order valence-electron chi connectivity index (χ2n) is 4.69. The molecule has 5 heteroatoms. The number of nitrogens with one attached hydrogen (secondary N) is 1. The van der Waals surface area contributed by atoms with E-state index < -0.39 is 6.10 Å². The first-order valence-corrected chi connectivity index (χ1v) is 7.99. The van der Waals surface area contributed by atoms with Crippen molar-refractivity contribution >= 4 is 17.7 Å². The molecule has 112 valence electrons. The fourth-order valence-corrected chi connectivity index (χ4v) is 2.68. The monoisotopic (exact) mass is 305 g/mol. The van der Waals surface area contributed by atoms with Crippen LogP contribution in [0.2, 0.25) is 0 Å². The number of hydrogen-bond donors (Lipinski definition) is 2. The number of amides is 1. The van der Waals surface area contributed by atoms with Gasteiger partial charge in [0.05, 0.1) is 24.4 Å². The molecule has 1 unspecified atom stereocenters. The maximum absolute atomic E-state index is 11.7. The van der Waals surface area contributed by atoms with Crippen molar-refractivity contribution < 1.29 is 14.3 Å². The Hall–Kier alpha value is -1.72. The van der Waals surface area contributed by atoms with Crippen molar-refractivity contribution in [1.29, 1.82) is 0 Å². The number of furan rings is 1. The highest BCUT2D eigenvalue weighted by atomic mass is 32.2. The predicted molar refractivity (Wildman–Crippen MR) is 83.9 cm³/mol. The summed E-state index contributed by atoms with van der Waals surface area (Å²) in [6.45, 7) is 0.455. The molecule has 0 fully saturated rings. The number of thioether (sulfide) groups is 1. The van der Waals surface area contributed by atoms with Gasteiger partial charge in [-0.25, -0.2) is 0 Å². The minimum absolute atomic E-state index is 0.00433. The van der Waals surface area contributed by atoms with Gasteiger partial charge >= 0.3 is 0 Å². The van der Waals surface area contributed by atoms with Crippen LogP contribution < -0.4 is 5.32 Å². The molecule has 2 rings (SSSR count). The quantitative estimate of drug-likeness (QED) is 0.787. The van der Waals surface area contributed by atoms with E-state index in [1.807, 2.05) is 30.3 Å². The van der Waals surface area contributed by atoms with Gasteiger partial charge in [-0.2, -0.15) is 0 Å². The molecular weight excluding hydrogens is 286 g/mol. The molecule has 1 heterocycles. The molecule has 0 aliphatic heterocycles. The van der Waals surface area contributed by atoms with Crippen molar-refractivity contribution in [3.8, 4) is 0 Å². The molecule has 0 aliphatic rings. The molecule has 0 saturated carbocycles. The van der Waals surface area contributed by atoms with Gasteiger partial charge in [0, 0.05) is 17.9 Å². The maximum Gasteiger partial charge on any atom is 0.230 e. The highest BCUT2D eigenvalue weighted by Crippen LogP contribution is 2.16. The third-order valence-electron chi connectivity index (χ3n) is 3.01. The molecule has 0 bridgehead atoms. The third-order valence-corrected chi connectivity index (χ3v) is 4.02. The summed E-state index contributed by atoms with van der Waals surface area (Å²) in [4.78, 5) is 11.7. The molecule has 0 spiro atoms. The van der Waals surface area contributed by atoms with Gasteiger partial charge in [0.15, 0.2) is 0 Å². The van der Waals surface area contributed by atoms with Gasteiger partial charge in [-0.3, -0.25) is 4.79 Å². The fraction of sp³-hybridized carbons (Fsp3) is 0.312. The predicted octanol–water partition coefficient (Wildman–Crippen LogP) is 2.75. The van der Waals surface area contributed by atoms with Crippen LogP contribution >= 0.6 is 11.8 Å². The first-order valence-electron chi connectivity index (χ1n) is 6.84. The van der Waals surface area contributed by atoms with E-state index in [2.05, 4.69) is 5.32 Å². The Balaban J connectivity index is 1.57. The van der Waals surface area contributed by atoms with Crippen LogP contribution in [0.1, 0.15) is 23.7 Å². The lowest BCUT2D eigenvalue weighted by atomic mass is 10.1. The number of rotatable bonds is 8. The molecule has 21 heavy (non-hydrogen) atoms. The first-order chi connectivity index (χ1) is 10.3. The SMILES string of the molecule is O=C(CSCc1ccccc1)NCCC(O)c1ccoc1. The summed E-state index contributed by atoms with van der Waals surface area (Å²) < 4.78 is 4.91. The number of aliphatic hydroxyl groups excluding tert-OH is 1. The molecule has 1 amide bonds. The lowest BCUT2D eigenvalue weighted by molar-refractivity contribution is -0.118. The lowest BCUT2D eigenvalue weighted by Crippen LogP contribution is -2.27. The molecule has 1 atom stereocenters. The Morgan fingerprint density at radius 2 is 2.10 bits per heavy atom. The second-order valence-corrected chi connectivity index (χ2v) is 5.68. The summed E-state index contributed by atoms with van der Waals surface area (Å²) in [6, 6.07) is 11.8. The van der Waals surface area contributed by atoms with Crippen molar-refractivity contribution in [1.82, 2.24) is 5.32 Å². The minimum Gasteiger partial charge on any atom is -0.472 e. The molecular formula is C16H19NO3S. The van der Waals surface area contributed by atoms with Gasteiger partial charge in [-0.15, -0.1) is 11.8 Å². The minimum atomic E-state index is -0.596. The van der Waals surface area contributed by atoms with Crippen molar-refractivity contribution in [3.05, 3.63) is 60.1 Å². The van der Waals surface area contributed by atoms with Crippen LogP contribution in [0.25, 0.3) is 0 Å². The topological polar surface area (TPSA) is 62.5 Å². The van der Waals surface area contributed by atoms with Crippen LogP contribution in [0, 0.1) is 0 Å². The molecule has 2 aromatic rings. The van der Waals surface area contributed by atoms with Gasteiger partial charge in [0.1, 0.15) is 0 Å². The Morgan fingerprint density at radius 3 is 2.81 bits per heavy atom. The van der Waals surface area contributed by atoms with E-state index in [9.17, 15) is 9.90 Å². The fourth-order valence-electron chi connectivity index (χ4n) is 1.87. The number of benzene rings is 1. The molecule has 4 nitrogen and oxygen atoms in total. The molecule has 0 aliphatic carbocycles. The summed E-state index contributed by atoms with van der Waals surface area (Å²) >= 11 is 1.58. The Labute approximate surface area is 128 Å². The second kappa shape index (κ2) is 8.54. The van der Waals surface area contributed by atoms with E-state index >= 15 is 0 Å². The normalized spacial score (nSPS) is 12.0. The van der Waals surface area contributed by atoms with Gasteiger partial charge in [0.25, 0.3) is 0 Å². The van der Waals surface area contributed by atoms with Gasteiger partial charge < -0.3 is 14.8 Å². The smallest absolute Gasteiger partial charge is 0.230 e. The van der Waals surface area contributed by atoms with Crippen LogP contribution in [0.15, 0.2) is 53.3 Å². The number of carbonyl (C=O) groups is 1. The van der Waals surface area contributed by atoms with E-state index in [-0.39, 0.29) is 5.91 Å². The number of hydrogen-bond acceptors (Lipinski definition) is 4. The van der Waals surface area contributed by atoms with Crippen LogP contribution in [0.3, 0.4) is 0 Å². The van der Waals surface area contributed by atoms with E-state index in [0.29, 0.717) is 18.7 Å². The van der Waals surface area contributed by atoms with E-state index in [1.165, 1.54) is 18.1 Å². The summed E-state index contributed by atoms with van der Waals surface area (Å²) in [5, 5.41) is 12.6. The van der Waals surface area contributed by atoms with Crippen LogP contribution in [0.5, 0.6) is 0 Å². The van der Waals surface area contributed by atoms with Crippen molar-refractivity contribution in [2.75, 3.05) is 12.3 Å². The van der Waals surface area contributed by atoms with Crippen molar-refractivity contribution in [3.63, 3.8) is 0 Å². The average molecular weight is 305 g/mol. The summed E-state index contributed by atoms with van der Waals surface area (Å²) in [7, 11) is 0. The Kier molecular flexibility index (Phi) is 6.37. The molecule has 1 aromatic carbocycles. The lowest BCUT2D eigenvalue weighted by Gasteiger charge is -2.09. The van der Waals surface area contributed by atoms with Crippen molar-refractivity contribution in [2.45, 2.75) is 18.3 Å². The molecule has 1 aromatic heterocycles. The number of carbonyl (C=O) groups excluding carboxylic acids is 1. The molecule has 0 radical (unpaired) electrons. The van der Waals surface area contributed by atoms with E-state index in [0.717, 1.165) is 11.3 Å². The van der Waals surface area contributed by atoms with E-state index in [1.54, 1.807) is 17.8 Å². The molecule has 0 saturated heterocycles. The largest absolute Gasteiger partial charge is 0.472 e.